The normalized spacial score (nSPS) is 19.5. The molecule has 1 aliphatic heterocycles. The van der Waals surface area contributed by atoms with Gasteiger partial charge < -0.3 is 14.7 Å². The largest absolute Gasteiger partial charge is 0.481 e. The molecule has 104 valence electrons. The summed E-state index contributed by atoms with van der Waals surface area (Å²) in [6.07, 6.45) is -0.519. The van der Waals surface area contributed by atoms with Crippen LogP contribution in [0.3, 0.4) is 0 Å². The summed E-state index contributed by atoms with van der Waals surface area (Å²) in [5, 5.41) is 9.62. The molecule has 2 rings (SSSR count). The summed E-state index contributed by atoms with van der Waals surface area (Å²) in [6.45, 7) is 4.88. The Balaban J connectivity index is 2.07. The lowest BCUT2D eigenvalue weighted by Crippen LogP contribution is -2.46. The third-order valence-electron chi connectivity index (χ3n) is 2.93. The van der Waals surface area contributed by atoms with Crippen LogP contribution in [0.15, 0.2) is 0 Å². The van der Waals surface area contributed by atoms with Crippen LogP contribution in [0.4, 0.5) is 0 Å². The predicted octanol–water partition coefficient (Wildman–Crippen LogP) is 1.08. The second-order valence-electron chi connectivity index (χ2n) is 4.48. The van der Waals surface area contributed by atoms with E-state index >= 15 is 0 Å². The van der Waals surface area contributed by atoms with Gasteiger partial charge in [0.1, 0.15) is 5.69 Å². The fourth-order valence-electron chi connectivity index (χ4n) is 2.10. The van der Waals surface area contributed by atoms with Crippen molar-refractivity contribution in [2.75, 3.05) is 19.7 Å². The zero-order chi connectivity index (χ0) is 14.0. The lowest BCUT2D eigenvalue weighted by atomic mass is 10.2. The monoisotopic (exact) mass is 284 g/mol. The molecule has 2 heterocycles. The number of thiazole rings is 1. The number of aromatic nitrogens is 1. The molecule has 1 atom stereocenters. The number of carbonyl (C=O) groups is 2. The van der Waals surface area contributed by atoms with Crippen molar-refractivity contribution in [3.8, 4) is 0 Å². The maximum Gasteiger partial charge on any atom is 0.306 e. The number of carbonyl (C=O) groups excluding carboxylic acids is 1. The molecule has 0 bridgehead atoms. The second-order valence-corrected chi connectivity index (χ2v) is 5.89. The van der Waals surface area contributed by atoms with Crippen molar-refractivity contribution in [3.63, 3.8) is 0 Å². The maximum atomic E-state index is 12.3. The molecule has 19 heavy (non-hydrogen) atoms. The standard InChI is InChI=1S/C12H16N2O4S/c1-7-11(13-8(2)19-7)12(17)14-3-4-18-9(6-14)5-10(15)16/h9H,3-6H2,1-2H3,(H,15,16)/t9-/m1/s1. The summed E-state index contributed by atoms with van der Waals surface area (Å²) in [7, 11) is 0. The van der Waals surface area contributed by atoms with Gasteiger partial charge in [0.05, 0.1) is 24.1 Å². The van der Waals surface area contributed by atoms with Crippen molar-refractivity contribution in [2.24, 2.45) is 0 Å². The first-order valence-electron chi connectivity index (χ1n) is 6.04. The first kappa shape index (κ1) is 14.0. The van der Waals surface area contributed by atoms with Crippen molar-refractivity contribution < 1.29 is 19.4 Å². The number of hydrogen-bond acceptors (Lipinski definition) is 5. The van der Waals surface area contributed by atoms with E-state index in [1.165, 1.54) is 11.3 Å². The molecule has 1 saturated heterocycles. The minimum atomic E-state index is -0.917. The highest BCUT2D eigenvalue weighted by molar-refractivity contribution is 7.11. The van der Waals surface area contributed by atoms with Crippen LogP contribution in [-0.4, -0.2) is 52.7 Å². The first-order chi connectivity index (χ1) is 8.97. The molecule has 1 aliphatic rings. The van der Waals surface area contributed by atoms with Crippen LogP contribution in [-0.2, 0) is 9.53 Å². The SMILES string of the molecule is Cc1nc(C(=O)N2CCO[C@H](CC(=O)O)C2)c(C)s1. The molecule has 1 N–H and O–H groups in total. The predicted molar refractivity (Wildman–Crippen MR) is 69.5 cm³/mol. The Morgan fingerprint density at radius 1 is 1.53 bits per heavy atom. The minimum Gasteiger partial charge on any atom is -0.481 e. The van der Waals surface area contributed by atoms with E-state index < -0.39 is 12.1 Å². The van der Waals surface area contributed by atoms with Gasteiger partial charge in [0.15, 0.2) is 0 Å². The average molecular weight is 284 g/mol. The van der Waals surface area contributed by atoms with Crippen LogP contribution < -0.4 is 0 Å². The van der Waals surface area contributed by atoms with Crippen LogP contribution >= 0.6 is 11.3 Å². The highest BCUT2D eigenvalue weighted by Crippen LogP contribution is 2.19. The Hall–Kier alpha value is -1.47. The Labute approximate surface area is 115 Å². The summed E-state index contributed by atoms with van der Waals surface area (Å²) in [5.41, 5.74) is 0.471. The molecule has 0 unspecified atom stereocenters. The van der Waals surface area contributed by atoms with Gasteiger partial charge in [-0.15, -0.1) is 11.3 Å². The lowest BCUT2D eigenvalue weighted by molar-refractivity contribution is -0.141. The summed E-state index contributed by atoms with van der Waals surface area (Å²) in [5.74, 6) is -1.06. The van der Waals surface area contributed by atoms with E-state index in [1.54, 1.807) is 4.90 Å². The van der Waals surface area contributed by atoms with E-state index in [0.717, 1.165) is 9.88 Å². The molecule has 0 aliphatic carbocycles. The van der Waals surface area contributed by atoms with Crippen molar-refractivity contribution in [1.29, 1.82) is 0 Å². The van der Waals surface area contributed by atoms with Gasteiger partial charge in [0, 0.05) is 18.0 Å². The van der Waals surface area contributed by atoms with E-state index in [1.807, 2.05) is 13.8 Å². The van der Waals surface area contributed by atoms with Crippen LogP contribution in [0.2, 0.25) is 0 Å². The fraction of sp³-hybridized carbons (Fsp3) is 0.583. The van der Waals surface area contributed by atoms with Gasteiger partial charge in [0.25, 0.3) is 5.91 Å². The molecule has 1 fully saturated rings. The van der Waals surface area contributed by atoms with E-state index in [0.29, 0.717) is 25.4 Å². The van der Waals surface area contributed by atoms with E-state index in [4.69, 9.17) is 9.84 Å². The van der Waals surface area contributed by atoms with Crippen LogP contribution in [0, 0.1) is 13.8 Å². The van der Waals surface area contributed by atoms with Gasteiger partial charge in [-0.2, -0.15) is 0 Å². The maximum absolute atomic E-state index is 12.3. The zero-order valence-corrected chi connectivity index (χ0v) is 11.7. The zero-order valence-electron chi connectivity index (χ0n) is 10.9. The van der Waals surface area contributed by atoms with Gasteiger partial charge >= 0.3 is 5.97 Å². The third-order valence-corrected chi connectivity index (χ3v) is 3.82. The molecule has 0 spiro atoms. The number of ether oxygens (including phenoxy) is 1. The van der Waals surface area contributed by atoms with Crippen LogP contribution in [0.1, 0.15) is 26.8 Å². The molecule has 6 nitrogen and oxygen atoms in total. The summed E-state index contributed by atoms with van der Waals surface area (Å²) < 4.78 is 5.35. The molecule has 1 aromatic heterocycles. The number of rotatable bonds is 3. The molecular weight excluding hydrogens is 268 g/mol. The van der Waals surface area contributed by atoms with Gasteiger partial charge in [-0.1, -0.05) is 0 Å². The average Bonchev–Trinajstić information content (AvgIpc) is 2.67. The highest BCUT2D eigenvalue weighted by atomic mass is 32.1. The van der Waals surface area contributed by atoms with Gasteiger partial charge in [-0.05, 0) is 13.8 Å². The Morgan fingerprint density at radius 2 is 2.26 bits per heavy atom. The first-order valence-corrected chi connectivity index (χ1v) is 6.85. The van der Waals surface area contributed by atoms with Crippen LogP contribution in [0.5, 0.6) is 0 Å². The van der Waals surface area contributed by atoms with E-state index in [9.17, 15) is 9.59 Å². The lowest BCUT2D eigenvalue weighted by Gasteiger charge is -2.32. The summed E-state index contributed by atoms with van der Waals surface area (Å²) >= 11 is 1.49. The number of morpholine rings is 1. The minimum absolute atomic E-state index is 0.0845. The molecule has 7 heteroatoms. The van der Waals surface area contributed by atoms with Crippen molar-refractivity contribution in [3.05, 3.63) is 15.6 Å². The number of hydrogen-bond donors (Lipinski definition) is 1. The van der Waals surface area contributed by atoms with Crippen molar-refractivity contribution >= 4 is 23.2 Å². The molecular formula is C12H16N2O4S. The summed E-state index contributed by atoms with van der Waals surface area (Å²) in [4.78, 5) is 29.8. The molecule has 0 saturated carbocycles. The second kappa shape index (κ2) is 5.66. The Bertz CT molecular complexity index is 500. The van der Waals surface area contributed by atoms with Gasteiger partial charge in [-0.3, -0.25) is 9.59 Å². The number of aryl methyl sites for hydroxylation is 2. The van der Waals surface area contributed by atoms with Crippen molar-refractivity contribution in [2.45, 2.75) is 26.4 Å². The third kappa shape index (κ3) is 3.30. The fourth-order valence-corrected chi connectivity index (χ4v) is 2.91. The Kier molecular flexibility index (Phi) is 4.16. The number of aliphatic carboxylic acids is 1. The molecule has 1 amide bonds. The summed E-state index contributed by atoms with van der Waals surface area (Å²) in [6, 6.07) is 0. The highest BCUT2D eigenvalue weighted by Gasteiger charge is 2.28. The Morgan fingerprint density at radius 3 is 2.84 bits per heavy atom. The number of carboxylic acid groups (broad SMARTS) is 1. The smallest absolute Gasteiger partial charge is 0.306 e. The topological polar surface area (TPSA) is 79.7 Å². The quantitative estimate of drug-likeness (QED) is 0.898. The molecule has 0 aromatic carbocycles. The van der Waals surface area contributed by atoms with Crippen LogP contribution in [0.25, 0.3) is 0 Å². The van der Waals surface area contributed by atoms with Gasteiger partial charge in [-0.25, -0.2) is 4.98 Å². The molecule has 1 aromatic rings. The number of nitrogens with zero attached hydrogens (tertiary/aromatic N) is 2. The van der Waals surface area contributed by atoms with Crippen molar-refractivity contribution in [1.82, 2.24) is 9.88 Å². The molecule has 0 radical (unpaired) electrons. The number of carboxylic acids is 1. The number of amides is 1. The van der Waals surface area contributed by atoms with Gasteiger partial charge in [0.2, 0.25) is 0 Å². The van der Waals surface area contributed by atoms with E-state index in [-0.39, 0.29) is 12.3 Å². The van der Waals surface area contributed by atoms with E-state index in [2.05, 4.69) is 4.98 Å².